The molecule has 20 heavy (non-hydrogen) atoms. The summed E-state index contributed by atoms with van der Waals surface area (Å²) in [6.07, 6.45) is 2.10. The van der Waals surface area contributed by atoms with E-state index >= 15 is 0 Å². The number of nitrogens with zero attached hydrogens (tertiary/aromatic N) is 1. The van der Waals surface area contributed by atoms with Crippen LogP contribution in [0.5, 0.6) is 0 Å². The van der Waals surface area contributed by atoms with Gasteiger partial charge in [0.05, 0.1) is 0 Å². The first-order valence-electron chi connectivity index (χ1n) is 7.00. The van der Waals surface area contributed by atoms with E-state index in [9.17, 15) is 9.59 Å². The fourth-order valence-electron chi connectivity index (χ4n) is 2.35. The van der Waals surface area contributed by atoms with Crippen LogP contribution in [0.4, 0.5) is 0 Å². The third-order valence-electron chi connectivity index (χ3n) is 3.59. The summed E-state index contributed by atoms with van der Waals surface area (Å²) >= 11 is 0. The highest BCUT2D eigenvalue weighted by molar-refractivity contribution is 5.97. The topological polar surface area (TPSA) is 75.4 Å². The quantitative estimate of drug-likeness (QED) is 0.856. The number of likely N-dealkylation sites (tertiary alicyclic amines) is 1. The maximum Gasteiger partial charge on any atom is 0.251 e. The number of carbonyl (C=O) groups is 2. The van der Waals surface area contributed by atoms with Crippen molar-refractivity contribution in [3.05, 3.63) is 35.4 Å². The molecule has 2 rings (SSSR count). The summed E-state index contributed by atoms with van der Waals surface area (Å²) in [6, 6.07) is 6.61. The largest absolute Gasteiger partial charge is 0.341 e. The van der Waals surface area contributed by atoms with E-state index in [1.165, 1.54) is 0 Å². The normalized spacial score (nSPS) is 16.0. The summed E-state index contributed by atoms with van der Waals surface area (Å²) in [7, 11) is 0. The average molecular weight is 275 g/mol. The van der Waals surface area contributed by atoms with Gasteiger partial charge in [-0.2, -0.15) is 0 Å². The van der Waals surface area contributed by atoms with E-state index in [2.05, 4.69) is 5.32 Å². The van der Waals surface area contributed by atoms with Crippen molar-refractivity contribution in [3.63, 3.8) is 0 Å². The maximum absolute atomic E-state index is 12.1. The Labute approximate surface area is 119 Å². The van der Waals surface area contributed by atoms with Gasteiger partial charge in [0.25, 0.3) is 5.91 Å². The van der Waals surface area contributed by atoms with E-state index in [1.807, 2.05) is 17.0 Å². The van der Waals surface area contributed by atoms with Crippen LogP contribution in [0.25, 0.3) is 0 Å². The minimum absolute atomic E-state index is 0.00516. The molecule has 1 unspecified atom stereocenters. The third kappa shape index (κ3) is 3.36. The van der Waals surface area contributed by atoms with Crippen molar-refractivity contribution in [3.8, 4) is 0 Å². The van der Waals surface area contributed by atoms with E-state index in [0.717, 1.165) is 31.5 Å². The first-order chi connectivity index (χ1) is 9.61. The van der Waals surface area contributed by atoms with Crippen LogP contribution in [0.1, 0.15) is 35.7 Å². The first-order valence-corrected chi connectivity index (χ1v) is 7.00. The Morgan fingerprint density at radius 1 is 1.25 bits per heavy atom. The van der Waals surface area contributed by atoms with Crippen LogP contribution in [0, 0.1) is 0 Å². The van der Waals surface area contributed by atoms with Gasteiger partial charge in [-0.05, 0) is 37.5 Å². The molecule has 0 aliphatic carbocycles. The van der Waals surface area contributed by atoms with Crippen LogP contribution in [0.15, 0.2) is 24.3 Å². The van der Waals surface area contributed by atoms with E-state index in [4.69, 9.17) is 5.73 Å². The van der Waals surface area contributed by atoms with Crippen molar-refractivity contribution in [2.24, 2.45) is 5.73 Å². The fraction of sp³-hybridized carbons (Fsp3) is 0.467. The van der Waals surface area contributed by atoms with Crippen LogP contribution in [0.2, 0.25) is 0 Å². The van der Waals surface area contributed by atoms with Crippen LogP contribution < -0.4 is 11.1 Å². The Hall–Kier alpha value is -1.88. The molecule has 1 aliphatic rings. The molecule has 3 N–H and O–H groups in total. The molecule has 0 radical (unpaired) electrons. The van der Waals surface area contributed by atoms with Gasteiger partial charge in [0.2, 0.25) is 5.91 Å². The molecule has 1 aliphatic heterocycles. The van der Waals surface area contributed by atoms with Gasteiger partial charge in [-0.15, -0.1) is 0 Å². The lowest BCUT2D eigenvalue weighted by molar-refractivity contribution is -0.131. The van der Waals surface area contributed by atoms with Gasteiger partial charge in [-0.3, -0.25) is 9.59 Å². The molecule has 5 heteroatoms. The lowest BCUT2D eigenvalue weighted by Gasteiger charge is -2.21. The van der Waals surface area contributed by atoms with Crippen molar-refractivity contribution in [2.75, 3.05) is 13.1 Å². The number of amides is 2. The zero-order valence-corrected chi connectivity index (χ0v) is 11.8. The van der Waals surface area contributed by atoms with E-state index in [-0.39, 0.29) is 11.8 Å². The molecule has 1 fully saturated rings. The molecule has 0 bridgehead atoms. The first kappa shape index (κ1) is 14.5. The molecular formula is C15H21N3O2. The van der Waals surface area contributed by atoms with Gasteiger partial charge in [0, 0.05) is 25.2 Å². The number of nitrogens with two attached hydrogens (primary N) is 1. The third-order valence-corrected chi connectivity index (χ3v) is 3.59. The second kappa shape index (κ2) is 6.52. The second-order valence-electron chi connectivity index (χ2n) is 5.13. The molecule has 1 heterocycles. The highest BCUT2D eigenvalue weighted by atomic mass is 16.2. The Balaban J connectivity index is 1.93. The molecule has 1 aromatic carbocycles. The lowest BCUT2D eigenvalue weighted by atomic mass is 10.1. The maximum atomic E-state index is 12.1. The Morgan fingerprint density at radius 3 is 2.40 bits per heavy atom. The molecule has 0 aromatic heterocycles. The highest BCUT2D eigenvalue weighted by Gasteiger charge is 2.24. The summed E-state index contributed by atoms with van der Waals surface area (Å²) in [5.41, 5.74) is 7.04. The van der Waals surface area contributed by atoms with Crippen molar-refractivity contribution >= 4 is 11.8 Å². The summed E-state index contributed by atoms with van der Waals surface area (Å²) < 4.78 is 0. The summed E-state index contributed by atoms with van der Waals surface area (Å²) in [5.74, 6) is -0.233. The molecule has 0 spiro atoms. The number of carbonyl (C=O) groups excluding carboxylic acids is 2. The van der Waals surface area contributed by atoms with Gasteiger partial charge in [0.15, 0.2) is 0 Å². The molecule has 1 aromatic rings. The summed E-state index contributed by atoms with van der Waals surface area (Å²) in [6.45, 7) is 3.77. The predicted molar refractivity (Wildman–Crippen MR) is 77.1 cm³/mol. The molecule has 1 saturated heterocycles. The van der Waals surface area contributed by atoms with Gasteiger partial charge in [-0.1, -0.05) is 12.1 Å². The predicted octanol–water partition coefficient (Wildman–Crippen LogP) is 0.886. The monoisotopic (exact) mass is 275 g/mol. The van der Waals surface area contributed by atoms with Gasteiger partial charge in [-0.25, -0.2) is 0 Å². The minimum atomic E-state index is -0.491. The molecule has 0 saturated carbocycles. The fourth-order valence-corrected chi connectivity index (χ4v) is 2.35. The lowest BCUT2D eigenvalue weighted by Crippen LogP contribution is -2.45. The van der Waals surface area contributed by atoms with Gasteiger partial charge >= 0.3 is 0 Å². The number of hydrogen-bond acceptors (Lipinski definition) is 3. The summed E-state index contributed by atoms with van der Waals surface area (Å²) in [4.78, 5) is 26.0. The number of nitrogens with one attached hydrogen (secondary N) is 1. The van der Waals surface area contributed by atoms with Crippen LogP contribution in [-0.4, -0.2) is 35.8 Å². The zero-order valence-electron chi connectivity index (χ0n) is 11.8. The Morgan fingerprint density at radius 2 is 1.85 bits per heavy atom. The Bertz CT molecular complexity index is 478. The van der Waals surface area contributed by atoms with Gasteiger partial charge in [0.1, 0.15) is 6.04 Å². The average Bonchev–Trinajstić information content (AvgIpc) is 3.00. The molecule has 5 nitrogen and oxygen atoms in total. The van der Waals surface area contributed by atoms with Crippen LogP contribution >= 0.6 is 0 Å². The molecule has 2 amide bonds. The van der Waals surface area contributed by atoms with Crippen LogP contribution in [-0.2, 0) is 11.3 Å². The number of benzene rings is 1. The van der Waals surface area contributed by atoms with E-state index in [0.29, 0.717) is 12.1 Å². The standard InChI is InChI=1S/C15H21N3O2/c1-11(15(20)18-8-2-3-9-18)17-14(19)13-6-4-12(10-16)5-7-13/h4-7,11H,2-3,8-10,16H2,1H3,(H,17,19). The van der Waals surface area contributed by atoms with E-state index in [1.54, 1.807) is 19.1 Å². The van der Waals surface area contributed by atoms with Crippen molar-refractivity contribution in [2.45, 2.75) is 32.4 Å². The molecular weight excluding hydrogens is 254 g/mol. The van der Waals surface area contributed by atoms with Crippen molar-refractivity contribution in [1.29, 1.82) is 0 Å². The highest BCUT2D eigenvalue weighted by Crippen LogP contribution is 2.10. The minimum Gasteiger partial charge on any atom is -0.341 e. The smallest absolute Gasteiger partial charge is 0.251 e. The SMILES string of the molecule is CC(NC(=O)c1ccc(CN)cc1)C(=O)N1CCCC1. The zero-order chi connectivity index (χ0) is 14.5. The second-order valence-corrected chi connectivity index (χ2v) is 5.13. The van der Waals surface area contributed by atoms with Gasteiger partial charge < -0.3 is 16.0 Å². The van der Waals surface area contributed by atoms with Crippen molar-refractivity contribution in [1.82, 2.24) is 10.2 Å². The molecule has 108 valence electrons. The van der Waals surface area contributed by atoms with Crippen molar-refractivity contribution < 1.29 is 9.59 Å². The number of rotatable bonds is 4. The summed E-state index contributed by atoms with van der Waals surface area (Å²) in [5, 5.41) is 2.75. The van der Waals surface area contributed by atoms with E-state index < -0.39 is 6.04 Å². The molecule has 1 atom stereocenters. The number of hydrogen-bond donors (Lipinski definition) is 2. The Kier molecular flexibility index (Phi) is 4.74. The van der Waals surface area contributed by atoms with Crippen LogP contribution in [0.3, 0.4) is 0 Å².